The van der Waals surface area contributed by atoms with Gasteiger partial charge in [0.05, 0.1) is 47.0 Å². The number of pyridine rings is 1. The Morgan fingerprint density at radius 2 is 1.89 bits per heavy atom. The molecule has 0 saturated carbocycles. The average molecular weight is 519 g/mol. The van der Waals surface area contributed by atoms with Crippen molar-refractivity contribution < 1.29 is 17.9 Å². The smallest absolute Gasteiger partial charge is 0.256 e. The summed E-state index contributed by atoms with van der Waals surface area (Å²) in [6.45, 7) is 6.07. The summed E-state index contributed by atoms with van der Waals surface area (Å²) in [7, 11) is -1.54. The number of amides is 1. The van der Waals surface area contributed by atoms with E-state index in [4.69, 9.17) is 9.72 Å². The Morgan fingerprint density at radius 3 is 2.54 bits per heavy atom. The molecule has 0 aliphatic carbocycles. The van der Waals surface area contributed by atoms with Gasteiger partial charge in [0.15, 0.2) is 15.5 Å². The summed E-state index contributed by atoms with van der Waals surface area (Å²) in [4.78, 5) is 18.5. The van der Waals surface area contributed by atoms with Crippen LogP contribution in [0.4, 0.5) is 5.69 Å². The number of anilines is 1. The van der Waals surface area contributed by atoms with Crippen LogP contribution in [0, 0.1) is 6.92 Å². The highest BCUT2D eigenvalue weighted by Crippen LogP contribution is 2.33. The number of carbonyl (C=O) groups is 1. The van der Waals surface area contributed by atoms with Crippen LogP contribution in [-0.2, 0) is 9.84 Å². The van der Waals surface area contributed by atoms with Crippen LogP contribution in [0.3, 0.4) is 0 Å². The monoisotopic (exact) mass is 518 g/mol. The molecule has 9 heteroatoms. The lowest BCUT2D eigenvalue weighted by molar-refractivity contribution is 0.102. The number of nitrogens with one attached hydrogen (secondary N) is 1. The van der Waals surface area contributed by atoms with Crippen LogP contribution in [0.5, 0.6) is 5.75 Å². The molecule has 2 aromatic heterocycles. The minimum Gasteiger partial charge on any atom is -0.497 e. The molecule has 192 valence electrons. The van der Waals surface area contributed by atoms with E-state index in [9.17, 15) is 13.2 Å². The molecule has 3 heterocycles. The van der Waals surface area contributed by atoms with E-state index in [0.29, 0.717) is 51.8 Å². The van der Waals surface area contributed by atoms with Crippen molar-refractivity contribution in [2.24, 2.45) is 0 Å². The highest BCUT2D eigenvalue weighted by molar-refractivity contribution is 7.91. The van der Waals surface area contributed by atoms with Crippen LogP contribution >= 0.6 is 0 Å². The van der Waals surface area contributed by atoms with Crippen LogP contribution in [0.1, 0.15) is 53.8 Å². The third kappa shape index (κ3) is 4.96. The zero-order chi connectivity index (χ0) is 26.3. The van der Waals surface area contributed by atoms with Gasteiger partial charge in [0.2, 0.25) is 0 Å². The zero-order valence-corrected chi connectivity index (χ0v) is 22.2. The average Bonchev–Trinajstić information content (AvgIpc) is 3.42. The Balaban J connectivity index is 1.64. The number of carbonyl (C=O) groups excluding carboxylic acids is 1. The molecule has 1 atom stereocenters. The summed E-state index contributed by atoms with van der Waals surface area (Å²) >= 11 is 0. The molecule has 2 aromatic carbocycles. The molecular formula is C28H30N4O4S. The lowest BCUT2D eigenvalue weighted by Crippen LogP contribution is -2.15. The molecule has 1 amide bonds. The van der Waals surface area contributed by atoms with Crippen molar-refractivity contribution in [1.82, 2.24) is 14.8 Å². The van der Waals surface area contributed by atoms with E-state index < -0.39 is 9.84 Å². The minimum absolute atomic E-state index is 0.0119. The highest BCUT2D eigenvalue weighted by Gasteiger charge is 2.32. The number of benzene rings is 2. The third-order valence-electron chi connectivity index (χ3n) is 6.84. The Hall–Kier alpha value is -3.72. The summed E-state index contributed by atoms with van der Waals surface area (Å²) in [6, 6.07) is 16.7. The van der Waals surface area contributed by atoms with E-state index in [1.807, 2.05) is 55.5 Å². The summed E-state index contributed by atoms with van der Waals surface area (Å²) < 4.78 is 31.5. The first-order chi connectivity index (χ1) is 17.6. The molecule has 0 spiro atoms. The van der Waals surface area contributed by atoms with Gasteiger partial charge in [0.25, 0.3) is 5.91 Å². The number of ether oxygens (including phenoxy) is 1. The van der Waals surface area contributed by atoms with Crippen molar-refractivity contribution in [3.63, 3.8) is 0 Å². The molecular weight excluding hydrogens is 488 g/mol. The first-order valence-electron chi connectivity index (χ1n) is 12.3. The quantitative estimate of drug-likeness (QED) is 0.379. The second-order valence-electron chi connectivity index (χ2n) is 9.80. The third-order valence-corrected chi connectivity index (χ3v) is 8.59. The molecule has 0 radical (unpaired) electrons. The Bertz CT molecular complexity index is 1590. The zero-order valence-electron chi connectivity index (χ0n) is 21.4. The van der Waals surface area contributed by atoms with Gasteiger partial charge in [0, 0.05) is 11.3 Å². The van der Waals surface area contributed by atoms with E-state index in [2.05, 4.69) is 24.3 Å². The van der Waals surface area contributed by atoms with Gasteiger partial charge < -0.3 is 10.1 Å². The predicted molar refractivity (Wildman–Crippen MR) is 145 cm³/mol. The lowest BCUT2D eigenvalue weighted by Gasteiger charge is -2.13. The maximum atomic E-state index is 13.6. The number of sulfone groups is 1. The van der Waals surface area contributed by atoms with Crippen LogP contribution in [0.25, 0.3) is 22.3 Å². The van der Waals surface area contributed by atoms with Gasteiger partial charge in [-0.3, -0.25) is 4.79 Å². The predicted octanol–water partition coefficient (Wildman–Crippen LogP) is 5.15. The van der Waals surface area contributed by atoms with E-state index in [0.717, 1.165) is 5.56 Å². The van der Waals surface area contributed by atoms with E-state index in [1.165, 1.54) is 5.56 Å². The summed E-state index contributed by atoms with van der Waals surface area (Å²) in [5.41, 5.74) is 4.79. The molecule has 8 nitrogen and oxygen atoms in total. The number of fused-ring (bicyclic) bond motifs is 1. The SMILES string of the molecule is COc1cccc(-c2cc(C(=O)Nc3ccc(C(C)C)cc3)c3c(C)nn(C4CCS(=O)(=O)C4)c3n2)c1. The number of aryl methyl sites for hydroxylation is 1. The fraction of sp³-hybridized carbons (Fsp3) is 0.321. The summed E-state index contributed by atoms with van der Waals surface area (Å²) in [5.74, 6) is 0.909. The van der Waals surface area contributed by atoms with Gasteiger partial charge in [-0.15, -0.1) is 0 Å². The second-order valence-corrected chi connectivity index (χ2v) is 12.0. The van der Waals surface area contributed by atoms with Gasteiger partial charge in [-0.25, -0.2) is 18.1 Å². The van der Waals surface area contributed by atoms with Crippen LogP contribution < -0.4 is 10.1 Å². The van der Waals surface area contributed by atoms with Crippen molar-refractivity contribution in [1.29, 1.82) is 0 Å². The number of rotatable bonds is 6. The number of methoxy groups -OCH3 is 1. The minimum atomic E-state index is -3.14. The number of hydrogen-bond acceptors (Lipinski definition) is 6. The molecule has 1 saturated heterocycles. The van der Waals surface area contributed by atoms with E-state index in [-0.39, 0.29) is 23.5 Å². The van der Waals surface area contributed by atoms with Gasteiger partial charge in [-0.05, 0) is 55.2 Å². The Labute approximate surface area is 216 Å². The van der Waals surface area contributed by atoms with Crippen molar-refractivity contribution >= 4 is 32.5 Å². The Morgan fingerprint density at radius 1 is 1.14 bits per heavy atom. The molecule has 1 aliphatic heterocycles. The summed E-state index contributed by atoms with van der Waals surface area (Å²) in [5, 5.41) is 8.30. The van der Waals surface area contributed by atoms with Crippen LogP contribution in [0.2, 0.25) is 0 Å². The number of aromatic nitrogens is 3. The summed E-state index contributed by atoms with van der Waals surface area (Å²) in [6.07, 6.45) is 0.466. The maximum Gasteiger partial charge on any atom is 0.256 e. The molecule has 37 heavy (non-hydrogen) atoms. The van der Waals surface area contributed by atoms with Crippen molar-refractivity contribution in [3.8, 4) is 17.0 Å². The van der Waals surface area contributed by atoms with E-state index >= 15 is 0 Å². The van der Waals surface area contributed by atoms with Gasteiger partial charge >= 0.3 is 0 Å². The fourth-order valence-electron chi connectivity index (χ4n) is 4.80. The lowest BCUT2D eigenvalue weighted by atomic mass is 10.0. The molecule has 1 fully saturated rings. The Kier molecular flexibility index (Phi) is 6.49. The number of nitrogens with zero attached hydrogens (tertiary/aromatic N) is 3. The van der Waals surface area contributed by atoms with Crippen LogP contribution in [0.15, 0.2) is 54.6 Å². The molecule has 4 aromatic rings. The molecule has 1 aliphatic rings. The van der Waals surface area contributed by atoms with Gasteiger partial charge in [0.1, 0.15) is 5.75 Å². The van der Waals surface area contributed by atoms with Crippen molar-refractivity contribution in [3.05, 3.63) is 71.4 Å². The van der Waals surface area contributed by atoms with Crippen molar-refractivity contribution in [2.45, 2.75) is 39.2 Å². The second kappa shape index (κ2) is 9.63. The van der Waals surface area contributed by atoms with Crippen LogP contribution in [-0.4, -0.2) is 47.7 Å². The van der Waals surface area contributed by atoms with Gasteiger partial charge in [-0.1, -0.05) is 38.1 Å². The topological polar surface area (TPSA) is 103 Å². The largest absolute Gasteiger partial charge is 0.497 e. The highest BCUT2D eigenvalue weighted by atomic mass is 32.2. The number of hydrogen-bond donors (Lipinski definition) is 1. The molecule has 5 rings (SSSR count). The van der Waals surface area contributed by atoms with Gasteiger partial charge in [-0.2, -0.15) is 5.10 Å². The fourth-order valence-corrected chi connectivity index (χ4v) is 6.49. The normalized spacial score (nSPS) is 16.8. The van der Waals surface area contributed by atoms with Crippen molar-refractivity contribution in [2.75, 3.05) is 23.9 Å². The first-order valence-corrected chi connectivity index (χ1v) is 14.1. The molecule has 0 bridgehead atoms. The first kappa shape index (κ1) is 25.0. The molecule has 1 N–H and O–H groups in total. The standard InChI is InChI=1S/C28H30N4O4S/c1-17(2)19-8-10-21(11-9-19)29-28(33)24-15-25(20-6-5-7-23(14-20)36-4)30-27-26(24)18(3)31-32(27)22-12-13-37(34,35)16-22/h5-11,14-15,17,22H,12-13,16H2,1-4H3,(H,29,33). The maximum absolute atomic E-state index is 13.6. The van der Waals surface area contributed by atoms with E-state index in [1.54, 1.807) is 17.9 Å². The molecule has 1 unspecified atom stereocenters.